The van der Waals surface area contributed by atoms with Crippen LogP contribution in [0.15, 0.2) is 48.5 Å². The molecular weight excluding hydrogens is 717 g/mol. The van der Waals surface area contributed by atoms with E-state index in [0.717, 1.165) is 63.2 Å². The molecule has 2 saturated carbocycles. The molecular formula is C50H76N6O2. The van der Waals surface area contributed by atoms with Gasteiger partial charge in [-0.05, 0) is 164 Å². The largest absolute Gasteiger partial charge is 0.336 e. The summed E-state index contributed by atoms with van der Waals surface area (Å²) in [6.07, 6.45) is 26.6. The lowest BCUT2D eigenvalue weighted by Crippen LogP contribution is -2.46. The molecule has 4 bridgehead atoms. The van der Waals surface area contributed by atoms with E-state index in [9.17, 15) is 9.59 Å². The number of amides is 4. The number of hydrogen-bond acceptors (Lipinski definition) is 4. The summed E-state index contributed by atoms with van der Waals surface area (Å²) in [7, 11) is 0. The van der Waals surface area contributed by atoms with Crippen molar-refractivity contribution in [2.24, 2.45) is 11.8 Å². The van der Waals surface area contributed by atoms with Gasteiger partial charge in [-0.3, -0.25) is 9.80 Å². The maximum absolute atomic E-state index is 12.8. The first-order valence-electron chi connectivity index (χ1n) is 24.2. The fourth-order valence-corrected chi connectivity index (χ4v) is 12.4. The van der Waals surface area contributed by atoms with E-state index in [4.69, 9.17) is 0 Å². The van der Waals surface area contributed by atoms with Crippen molar-refractivity contribution in [1.29, 1.82) is 0 Å². The fourth-order valence-electron chi connectivity index (χ4n) is 12.4. The molecule has 4 fully saturated rings. The van der Waals surface area contributed by atoms with E-state index in [-0.39, 0.29) is 24.1 Å². The third kappa shape index (κ3) is 10.3. The molecule has 2 aromatic carbocycles. The molecule has 318 valence electrons. The highest BCUT2D eigenvalue weighted by molar-refractivity contribution is 5.75. The Morgan fingerprint density at radius 3 is 1.17 bits per heavy atom. The number of rotatable bonds is 19. The normalized spacial score (nSPS) is 29.8. The highest BCUT2D eigenvalue weighted by Gasteiger charge is 2.44. The van der Waals surface area contributed by atoms with Crippen LogP contribution in [0.3, 0.4) is 0 Å². The van der Waals surface area contributed by atoms with Crippen molar-refractivity contribution in [3.8, 4) is 0 Å². The first-order valence-corrected chi connectivity index (χ1v) is 24.2. The summed E-state index contributed by atoms with van der Waals surface area (Å²) < 4.78 is 0. The molecule has 0 aromatic heterocycles. The molecule has 6 aliphatic rings. The Kier molecular flexibility index (Phi) is 14.3. The molecule has 0 radical (unpaired) electrons. The number of fused-ring (bicyclic) bond motifs is 10. The van der Waals surface area contributed by atoms with E-state index in [0.29, 0.717) is 36.3 Å². The standard InChI is InChI=1S/C50H76N6O2/c1-35(51-49(57)53-39-23-19-37(20-24-39)31-33-55-45-27-28-46(55)42-16-10-9-15-41(42)45)13-7-5-3-4-6-8-14-36(2)52-50(58)54-40-25-21-38(22-26-40)32-34-56-47-29-30-48(56)44-18-12-11-17-43(44)47/h9-12,15-18,35-40,45-48H,3-8,13-14,19-34H2,1-2H3,(H2,51,53,57)(H2,52,54,58). The molecule has 4 amide bonds. The number of nitrogens with one attached hydrogen (secondary N) is 4. The Bertz CT molecular complexity index is 1450. The zero-order valence-electron chi connectivity index (χ0n) is 36.1. The molecule has 2 saturated heterocycles. The van der Waals surface area contributed by atoms with Crippen LogP contribution in [-0.4, -0.2) is 59.1 Å². The number of benzene rings is 2. The van der Waals surface area contributed by atoms with Crippen molar-refractivity contribution >= 4 is 12.1 Å². The van der Waals surface area contributed by atoms with Gasteiger partial charge in [0.1, 0.15) is 0 Å². The maximum atomic E-state index is 12.8. The van der Waals surface area contributed by atoms with Crippen molar-refractivity contribution < 1.29 is 9.59 Å². The predicted octanol–water partition coefficient (Wildman–Crippen LogP) is 11.2. The molecule has 4 heterocycles. The minimum Gasteiger partial charge on any atom is -0.336 e. The van der Waals surface area contributed by atoms with Crippen molar-refractivity contribution in [3.05, 3.63) is 70.8 Å². The second-order valence-electron chi connectivity index (χ2n) is 19.7. The molecule has 8 rings (SSSR count). The predicted molar refractivity (Wildman–Crippen MR) is 236 cm³/mol. The van der Waals surface area contributed by atoms with Crippen molar-refractivity contribution in [3.63, 3.8) is 0 Å². The van der Waals surface area contributed by atoms with Gasteiger partial charge in [0.15, 0.2) is 0 Å². The summed E-state index contributed by atoms with van der Waals surface area (Å²) >= 11 is 0. The summed E-state index contributed by atoms with van der Waals surface area (Å²) in [5, 5.41) is 13.0. The number of hydrogen-bond donors (Lipinski definition) is 4. The smallest absolute Gasteiger partial charge is 0.315 e. The van der Waals surface area contributed by atoms with Crippen LogP contribution in [0.4, 0.5) is 9.59 Å². The minimum atomic E-state index is 0.0212. The zero-order valence-corrected chi connectivity index (χ0v) is 36.1. The highest BCUT2D eigenvalue weighted by Crippen LogP contribution is 2.54. The van der Waals surface area contributed by atoms with E-state index < -0.39 is 0 Å². The molecule has 8 heteroatoms. The maximum Gasteiger partial charge on any atom is 0.315 e. The molecule has 58 heavy (non-hydrogen) atoms. The van der Waals surface area contributed by atoms with Gasteiger partial charge in [-0.15, -0.1) is 0 Å². The van der Waals surface area contributed by atoms with Crippen molar-refractivity contribution in [2.45, 2.75) is 203 Å². The average molecular weight is 793 g/mol. The number of carbonyl (C=O) groups is 2. The van der Waals surface area contributed by atoms with Crippen molar-refractivity contribution in [1.82, 2.24) is 31.1 Å². The van der Waals surface area contributed by atoms with Gasteiger partial charge in [-0.1, -0.05) is 87.1 Å². The van der Waals surface area contributed by atoms with Crippen LogP contribution in [0.5, 0.6) is 0 Å². The van der Waals surface area contributed by atoms with E-state index in [1.807, 2.05) is 0 Å². The number of carbonyl (C=O) groups excluding carboxylic acids is 2. The van der Waals surface area contributed by atoms with Crippen LogP contribution in [0.25, 0.3) is 0 Å². The van der Waals surface area contributed by atoms with Crippen molar-refractivity contribution in [2.75, 3.05) is 13.1 Å². The summed E-state index contributed by atoms with van der Waals surface area (Å²) in [5.74, 6) is 1.58. The second kappa shape index (κ2) is 20.0. The van der Waals surface area contributed by atoms with Gasteiger partial charge >= 0.3 is 12.1 Å². The van der Waals surface area contributed by atoms with Gasteiger partial charge < -0.3 is 21.3 Å². The molecule has 4 N–H and O–H groups in total. The van der Waals surface area contributed by atoms with E-state index in [1.54, 1.807) is 22.3 Å². The molecule has 6 atom stereocenters. The zero-order chi connectivity index (χ0) is 39.8. The van der Waals surface area contributed by atoms with Gasteiger partial charge in [-0.25, -0.2) is 9.59 Å². The summed E-state index contributed by atoms with van der Waals surface area (Å²) in [6.45, 7) is 6.74. The van der Waals surface area contributed by atoms with Crippen LogP contribution in [0.2, 0.25) is 0 Å². The fraction of sp³-hybridized carbons (Fsp3) is 0.720. The highest BCUT2D eigenvalue weighted by atomic mass is 16.2. The van der Waals surface area contributed by atoms with Crippen LogP contribution >= 0.6 is 0 Å². The summed E-state index contributed by atoms with van der Waals surface area (Å²) in [4.78, 5) is 31.1. The Labute approximate surface area is 350 Å². The van der Waals surface area contributed by atoms with E-state index in [1.165, 1.54) is 103 Å². The lowest BCUT2D eigenvalue weighted by atomic mass is 9.84. The Balaban J connectivity index is 0.593. The molecule has 2 aliphatic carbocycles. The third-order valence-corrected chi connectivity index (χ3v) is 15.7. The van der Waals surface area contributed by atoms with Crippen LogP contribution in [0, 0.1) is 11.8 Å². The first-order chi connectivity index (χ1) is 28.4. The number of nitrogens with zero attached hydrogens (tertiary/aromatic N) is 2. The van der Waals surface area contributed by atoms with Crippen LogP contribution < -0.4 is 21.3 Å². The lowest BCUT2D eigenvalue weighted by Gasteiger charge is -2.31. The molecule has 6 unspecified atom stereocenters. The molecule has 8 nitrogen and oxygen atoms in total. The van der Waals surface area contributed by atoms with Crippen LogP contribution in [-0.2, 0) is 0 Å². The van der Waals surface area contributed by atoms with Crippen LogP contribution in [0.1, 0.15) is 202 Å². The van der Waals surface area contributed by atoms with Gasteiger partial charge in [0.2, 0.25) is 0 Å². The minimum absolute atomic E-state index is 0.0212. The topological polar surface area (TPSA) is 88.7 Å². The number of urea groups is 2. The molecule has 4 aliphatic heterocycles. The Morgan fingerprint density at radius 1 is 0.500 bits per heavy atom. The van der Waals surface area contributed by atoms with E-state index in [2.05, 4.69) is 93.4 Å². The summed E-state index contributed by atoms with van der Waals surface area (Å²) in [5.41, 5.74) is 6.35. The van der Waals surface area contributed by atoms with Gasteiger partial charge in [-0.2, -0.15) is 0 Å². The van der Waals surface area contributed by atoms with E-state index >= 15 is 0 Å². The van der Waals surface area contributed by atoms with Gasteiger partial charge in [0.05, 0.1) is 0 Å². The molecule has 0 spiro atoms. The SMILES string of the molecule is CC(CCCCCCCCC(C)NC(=O)NC1CCC(CCN2C3CCC2c2ccccc23)CC1)NC(=O)NC1CCC(CCN2C3CCC2c2ccccc23)CC1. The Morgan fingerprint density at radius 2 is 0.828 bits per heavy atom. The molecule has 2 aromatic rings. The number of unbranched alkanes of at least 4 members (excludes halogenated alkanes) is 5. The third-order valence-electron chi connectivity index (χ3n) is 15.7. The monoisotopic (exact) mass is 793 g/mol. The lowest BCUT2D eigenvalue weighted by molar-refractivity contribution is 0.185. The average Bonchev–Trinajstić information content (AvgIpc) is 3.99. The second-order valence-corrected chi connectivity index (χ2v) is 19.7. The first kappa shape index (κ1) is 41.6. The quantitative estimate of drug-likeness (QED) is 0.107. The Hall–Kier alpha value is -3.10. The summed E-state index contributed by atoms with van der Waals surface area (Å²) in [6, 6.07) is 21.9. The van der Waals surface area contributed by atoms with Gasteiger partial charge in [0.25, 0.3) is 0 Å². The van der Waals surface area contributed by atoms with Gasteiger partial charge in [0, 0.05) is 48.3 Å².